The normalized spacial score (nSPS) is 12.2. The number of halogens is 2. The molecule has 0 saturated carbocycles. The van der Waals surface area contributed by atoms with E-state index in [0.29, 0.717) is 29.4 Å². The van der Waals surface area contributed by atoms with Crippen LogP contribution >= 0.6 is 23.2 Å². The summed E-state index contributed by atoms with van der Waals surface area (Å²) < 4.78 is 0. The van der Waals surface area contributed by atoms with E-state index in [2.05, 4.69) is 5.32 Å². The molecule has 3 N–H and O–H groups in total. The number of hydrogen-bond acceptors (Lipinski definition) is 2. The molecule has 0 spiro atoms. The molecular formula is C12H16Cl2N2O. The SMILES string of the molecule is CC(N)CC(=O)NCCc1ccc(Cl)cc1Cl. The third-order valence-electron chi connectivity index (χ3n) is 2.24. The maximum Gasteiger partial charge on any atom is 0.221 e. The van der Waals surface area contributed by atoms with Gasteiger partial charge in [-0.1, -0.05) is 29.3 Å². The van der Waals surface area contributed by atoms with Crippen LogP contribution in [0.3, 0.4) is 0 Å². The van der Waals surface area contributed by atoms with Gasteiger partial charge < -0.3 is 11.1 Å². The lowest BCUT2D eigenvalue weighted by molar-refractivity contribution is -0.121. The molecule has 1 aromatic rings. The van der Waals surface area contributed by atoms with Gasteiger partial charge in [-0.05, 0) is 31.0 Å². The average Bonchev–Trinajstić information content (AvgIpc) is 2.20. The highest BCUT2D eigenvalue weighted by atomic mass is 35.5. The van der Waals surface area contributed by atoms with Crippen molar-refractivity contribution in [2.75, 3.05) is 6.54 Å². The maximum absolute atomic E-state index is 11.3. The summed E-state index contributed by atoms with van der Waals surface area (Å²) in [6, 6.07) is 5.23. The number of nitrogens with two attached hydrogens (primary N) is 1. The van der Waals surface area contributed by atoms with Crippen LogP contribution in [0.5, 0.6) is 0 Å². The number of hydrogen-bond donors (Lipinski definition) is 2. The van der Waals surface area contributed by atoms with Crippen LogP contribution in [0.15, 0.2) is 18.2 Å². The fourth-order valence-electron chi connectivity index (χ4n) is 1.43. The highest BCUT2D eigenvalue weighted by Crippen LogP contribution is 2.20. The molecule has 0 heterocycles. The Morgan fingerprint density at radius 3 is 2.76 bits per heavy atom. The molecule has 1 aromatic carbocycles. The Kier molecular flexibility index (Phi) is 5.75. The predicted octanol–water partition coefficient (Wildman–Crippen LogP) is 2.39. The molecule has 0 aliphatic rings. The van der Waals surface area contributed by atoms with Crippen molar-refractivity contribution < 1.29 is 4.79 Å². The number of amides is 1. The van der Waals surface area contributed by atoms with Gasteiger partial charge >= 0.3 is 0 Å². The Balaban J connectivity index is 2.38. The lowest BCUT2D eigenvalue weighted by Crippen LogP contribution is -2.31. The molecule has 0 radical (unpaired) electrons. The first-order valence-electron chi connectivity index (χ1n) is 5.45. The van der Waals surface area contributed by atoms with E-state index >= 15 is 0 Å². The number of benzene rings is 1. The van der Waals surface area contributed by atoms with Gasteiger partial charge in [-0.25, -0.2) is 0 Å². The van der Waals surface area contributed by atoms with E-state index in [-0.39, 0.29) is 11.9 Å². The molecule has 1 atom stereocenters. The Morgan fingerprint density at radius 2 is 2.18 bits per heavy atom. The molecule has 3 nitrogen and oxygen atoms in total. The first kappa shape index (κ1) is 14.3. The van der Waals surface area contributed by atoms with Crippen molar-refractivity contribution in [3.8, 4) is 0 Å². The van der Waals surface area contributed by atoms with Gasteiger partial charge in [0.25, 0.3) is 0 Å². The number of nitrogens with one attached hydrogen (secondary N) is 1. The second-order valence-corrected chi connectivity index (χ2v) is 4.86. The molecular weight excluding hydrogens is 259 g/mol. The van der Waals surface area contributed by atoms with Gasteiger partial charge in [0.15, 0.2) is 0 Å². The molecule has 0 saturated heterocycles. The third-order valence-corrected chi connectivity index (χ3v) is 2.83. The van der Waals surface area contributed by atoms with Crippen molar-refractivity contribution in [1.29, 1.82) is 0 Å². The van der Waals surface area contributed by atoms with Crippen molar-refractivity contribution in [2.24, 2.45) is 5.73 Å². The number of rotatable bonds is 5. The van der Waals surface area contributed by atoms with Crippen LogP contribution in [0.1, 0.15) is 18.9 Å². The summed E-state index contributed by atoms with van der Waals surface area (Å²) in [4.78, 5) is 11.3. The number of carbonyl (C=O) groups excluding carboxylic acids is 1. The molecule has 0 aromatic heterocycles. The van der Waals surface area contributed by atoms with Gasteiger partial charge in [0.2, 0.25) is 5.91 Å². The zero-order chi connectivity index (χ0) is 12.8. The first-order chi connectivity index (χ1) is 7.99. The van der Waals surface area contributed by atoms with Gasteiger partial charge in [-0.15, -0.1) is 0 Å². The Labute approximate surface area is 111 Å². The lowest BCUT2D eigenvalue weighted by Gasteiger charge is -2.08. The molecule has 1 unspecified atom stereocenters. The largest absolute Gasteiger partial charge is 0.356 e. The van der Waals surface area contributed by atoms with E-state index in [0.717, 1.165) is 5.56 Å². The monoisotopic (exact) mass is 274 g/mol. The molecule has 0 fully saturated rings. The van der Waals surface area contributed by atoms with E-state index in [1.165, 1.54) is 0 Å². The molecule has 17 heavy (non-hydrogen) atoms. The van der Waals surface area contributed by atoms with Crippen LogP contribution in [0, 0.1) is 0 Å². The van der Waals surface area contributed by atoms with Crippen molar-refractivity contribution in [2.45, 2.75) is 25.8 Å². The minimum absolute atomic E-state index is 0.0370. The van der Waals surface area contributed by atoms with Gasteiger partial charge in [0.1, 0.15) is 0 Å². The molecule has 94 valence electrons. The molecule has 5 heteroatoms. The summed E-state index contributed by atoms with van der Waals surface area (Å²) in [6.45, 7) is 2.35. The fourth-order valence-corrected chi connectivity index (χ4v) is 1.93. The summed E-state index contributed by atoms with van der Waals surface area (Å²) in [5.41, 5.74) is 6.49. The smallest absolute Gasteiger partial charge is 0.221 e. The highest BCUT2D eigenvalue weighted by Gasteiger charge is 2.05. The van der Waals surface area contributed by atoms with Crippen LogP contribution in [-0.2, 0) is 11.2 Å². The van der Waals surface area contributed by atoms with Crippen molar-refractivity contribution in [3.63, 3.8) is 0 Å². The maximum atomic E-state index is 11.3. The molecule has 1 amide bonds. The number of carbonyl (C=O) groups is 1. The molecule has 0 bridgehead atoms. The van der Waals surface area contributed by atoms with Crippen LogP contribution in [0.2, 0.25) is 10.0 Å². The van der Waals surface area contributed by atoms with Crippen molar-refractivity contribution >= 4 is 29.1 Å². The quantitative estimate of drug-likeness (QED) is 0.866. The van der Waals surface area contributed by atoms with E-state index < -0.39 is 0 Å². The van der Waals surface area contributed by atoms with Crippen LogP contribution in [0.25, 0.3) is 0 Å². The minimum atomic E-state index is -0.117. The van der Waals surface area contributed by atoms with Crippen molar-refractivity contribution in [1.82, 2.24) is 5.32 Å². The topological polar surface area (TPSA) is 55.1 Å². The Bertz CT molecular complexity index is 394. The fraction of sp³-hybridized carbons (Fsp3) is 0.417. The van der Waals surface area contributed by atoms with E-state index in [1.807, 2.05) is 6.07 Å². The molecule has 1 rings (SSSR count). The van der Waals surface area contributed by atoms with Gasteiger partial charge in [0.05, 0.1) is 0 Å². The first-order valence-corrected chi connectivity index (χ1v) is 6.21. The summed E-state index contributed by atoms with van der Waals surface area (Å²) in [7, 11) is 0. The summed E-state index contributed by atoms with van der Waals surface area (Å²) in [5, 5.41) is 4.03. The summed E-state index contributed by atoms with van der Waals surface area (Å²) in [5.74, 6) is -0.0370. The van der Waals surface area contributed by atoms with Gasteiger partial charge in [-0.3, -0.25) is 4.79 Å². The standard InChI is InChI=1S/C12H16Cl2N2O/c1-8(15)6-12(17)16-5-4-9-2-3-10(13)7-11(9)14/h2-3,7-8H,4-6,15H2,1H3,(H,16,17). The van der Waals surface area contributed by atoms with E-state index in [1.54, 1.807) is 19.1 Å². The highest BCUT2D eigenvalue weighted by molar-refractivity contribution is 6.35. The molecule has 0 aliphatic heterocycles. The van der Waals surface area contributed by atoms with Gasteiger partial charge in [0, 0.05) is 29.1 Å². The average molecular weight is 275 g/mol. The zero-order valence-corrected chi connectivity index (χ0v) is 11.2. The van der Waals surface area contributed by atoms with E-state index in [9.17, 15) is 4.79 Å². The van der Waals surface area contributed by atoms with Crippen LogP contribution < -0.4 is 11.1 Å². The zero-order valence-electron chi connectivity index (χ0n) is 9.67. The summed E-state index contributed by atoms with van der Waals surface area (Å²) >= 11 is 11.8. The van der Waals surface area contributed by atoms with Gasteiger partial charge in [-0.2, -0.15) is 0 Å². The lowest BCUT2D eigenvalue weighted by atomic mass is 10.1. The second kappa shape index (κ2) is 6.84. The second-order valence-electron chi connectivity index (χ2n) is 4.02. The van der Waals surface area contributed by atoms with Crippen LogP contribution in [0.4, 0.5) is 0 Å². The molecule has 0 aliphatic carbocycles. The van der Waals surface area contributed by atoms with Crippen LogP contribution in [-0.4, -0.2) is 18.5 Å². The predicted molar refractivity (Wildman–Crippen MR) is 71.4 cm³/mol. The minimum Gasteiger partial charge on any atom is -0.356 e. The Morgan fingerprint density at radius 1 is 1.47 bits per heavy atom. The third kappa shape index (κ3) is 5.39. The van der Waals surface area contributed by atoms with Crippen molar-refractivity contribution in [3.05, 3.63) is 33.8 Å². The summed E-state index contributed by atoms with van der Waals surface area (Å²) in [6.07, 6.45) is 1.02. The van der Waals surface area contributed by atoms with E-state index in [4.69, 9.17) is 28.9 Å². The Hall–Kier alpha value is -0.770.